The van der Waals surface area contributed by atoms with Gasteiger partial charge >= 0.3 is 6.18 Å². The van der Waals surface area contributed by atoms with Crippen LogP contribution < -0.4 is 10.6 Å². The van der Waals surface area contributed by atoms with Crippen LogP contribution in [0.4, 0.5) is 18.9 Å². The zero-order chi connectivity index (χ0) is 23.4. The van der Waals surface area contributed by atoms with Crippen molar-refractivity contribution in [2.45, 2.75) is 37.8 Å². The largest absolute Gasteiger partial charge is 0.418 e. The highest BCUT2D eigenvalue weighted by Crippen LogP contribution is 2.46. The maximum absolute atomic E-state index is 13.5. The number of aromatic nitrogens is 4. The molecule has 168 valence electrons. The number of hydrogen-bond donors (Lipinski definition) is 2. The molecular formula is C20H18ClF3N6O2. The Bertz CT molecular complexity index is 1250. The van der Waals surface area contributed by atoms with E-state index >= 15 is 0 Å². The molecule has 0 aliphatic heterocycles. The van der Waals surface area contributed by atoms with Crippen LogP contribution in [0.25, 0.3) is 5.65 Å². The molecule has 0 spiro atoms. The summed E-state index contributed by atoms with van der Waals surface area (Å²) in [5.74, 6) is -2.17. The molecule has 3 aromatic rings. The monoisotopic (exact) mass is 466 g/mol. The quantitative estimate of drug-likeness (QED) is 0.614. The van der Waals surface area contributed by atoms with Crippen molar-refractivity contribution < 1.29 is 22.8 Å². The molecule has 0 aromatic carbocycles. The third kappa shape index (κ3) is 3.66. The van der Waals surface area contributed by atoms with Crippen molar-refractivity contribution >= 4 is 34.7 Å². The Balaban J connectivity index is 1.69. The van der Waals surface area contributed by atoms with Crippen LogP contribution in [0.15, 0.2) is 24.5 Å². The van der Waals surface area contributed by atoms with Crippen molar-refractivity contribution in [3.63, 3.8) is 0 Å². The Kier molecular flexibility index (Phi) is 5.11. The summed E-state index contributed by atoms with van der Waals surface area (Å²) in [6.07, 6.45) is -1.85. The fourth-order valence-electron chi connectivity index (χ4n) is 4.08. The van der Waals surface area contributed by atoms with E-state index in [2.05, 4.69) is 25.7 Å². The Morgan fingerprint density at radius 3 is 2.59 bits per heavy atom. The minimum absolute atomic E-state index is 0.169. The van der Waals surface area contributed by atoms with Crippen molar-refractivity contribution in [1.29, 1.82) is 0 Å². The summed E-state index contributed by atoms with van der Waals surface area (Å²) in [5, 5.41) is 9.12. The predicted molar refractivity (Wildman–Crippen MR) is 110 cm³/mol. The van der Waals surface area contributed by atoms with Crippen molar-refractivity contribution in [3.05, 3.63) is 52.2 Å². The van der Waals surface area contributed by atoms with Crippen LogP contribution in [0.1, 0.15) is 53.5 Å². The van der Waals surface area contributed by atoms with Crippen LogP contribution in [-0.4, -0.2) is 38.4 Å². The third-order valence-corrected chi connectivity index (χ3v) is 5.62. The van der Waals surface area contributed by atoms with Crippen LogP contribution in [-0.2, 0) is 16.4 Å². The van der Waals surface area contributed by atoms with Crippen molar-refractivity contribution in [2.75, 3.05) is 12.4 Å². The van der Waals surface area contributed by atoms with E-state index in [1.165, 1.54) is 7.05 Å². The molecule has 0 saturated heterocycles. The lowest BCUT2D eigenvalue weighted by atomic mass is 9.88. The molecule has 3 heterocycles. The molecule has 1 atom stereocenters. The van der Waals surface area contributed by atoms with Gasteiger partial charge in [-0.25, -0.2) is 14.5 Å². The minimum Gasteiger partial charge on any atom is -0.354 e. The number of anilines is 1. The van der Waals surface area contributed by atoms with Crippen LogP contribution in [0.3, 0.4) is 0 Å². The second-order valence-electron chi connectivity index (χ2n) is 8.13. The molecule has 1 aliphatic rings. The van der Waals surface area contributed by atoms with Crippen LogP contribution in [0.2, 0.25) is 5.15 Å². The molecule has 2 N–H and O–H groups in total. The van der Waals surface area contributed by atoms with E-state index in [0.29, 0.717) is 23.7 Å². The maximum Gasteiger partial charge on any atom is 0.418 e. The first-order chi connectivity index (χ1) is 14.9. The van der Waals surface area contributed by atoms with Crippen LogP contribution in [0.5, 0.6) is 0 Å². The van der Waals surface area contributed by atoms with Crippen molar-refractivity contribution in [2.24, 2.45) is 0 Å². The first kappa shape index (κ1) is 22.0. The second-order valence-corrected chi connectivity index (χ2v) is 8.51. The van der Waals surface area contributed by atoms with Gasteiger partial charge in [-0.1, -0.05) is 25.4 Å². The molecule has 0 saturated carbocycles. The first-order valence-electron chi connectivity index (χ1n) is 9.57. The summed E-state index contributed by atoms with van der Waals surface area (Å²) in [5.41, 5.74) is -0.732. The van der Waals surface area contributed by atoms with Gasteiger partial charge in [0, 0.05) is 30.3 Å². The van der Waals surface area contributed by atoms with E-state index in [1.54, 1.807) is 16.8 Å². The van der Waals surface area contributed by atoms with Crippen molar-refractivity contribution in [3.8, 4) is 0 Å². The molecule has 1 aliphatic carbocycles. The SMILES string of the molecule is CNC(=O)c1ncc(NC(=O)C2CC(C)(C)c3c2cnc2cc(Cl)nn32)cc1C(F)(F)F. The van der Waals surface area contributed by atoms with E-state index in [4.69, 9.17) is 11.6 Å². The van der Waals surface area contributed by atoms with Gasteiger partial charge in [-0.2, -0.15) is 18.3 Å². The van der Waals surface area contributed by atoms with Gasteiger partial charge in [0.2, 0.25) is 5.91 Å². The molecule has 2 amide bonds. The lowest BCUT2D eigenvalue weighted by molar-refractivity contribution is -0.138. The number of amides is 2. The number of nitrogens with one attached hydrogen (secondary N) is 2. The van der Waals surface area contributed by atoms with Crippen LogP contribution in [0, 0.1) is 0 Å². The number of fused-ring (bicyclic) bond motifs is 3. The molecular weight excluding hydrogens is 449 g/mol. The zero-order valence-corrected chi connectivity index (χ0v) is 18.0. The van der Waals surface area contributed by atoms with Crippen molar-refractivity contribution in [1.82, 2.24) is 24.9 Å². The van der Waals surface area contributed by atoms with Gasteiger partial charge in [0.25, 0.3) is 5.91 Å². The van der Waals surface area contributed by atoms with Gasteiger partial charge in [-0.3, -0.25) is 9.59 Å². The Labute approximate surface area is 185 Å². The highest BCUT2D eigenvalue weighted by atomic mass is 35.5. The average molecular weight is 467 g/mol. The highest BCUT2D eigenvalue weighted by molar-refractivity contribution is 6.29. The van der Waals surface area contributed by atoms with Gasteiger partial charge in [0.05, 0.1) is 29.1 Å². The van der Waals surface area contributed by atoms with Gasteiger partial charge in [-0.15, -0.1) is 0 Å². The van der Waals surface area contributed by atoms with E-state index in [9.17, 15) is 22.8 Å². The van der Waals surface area contributed by atoms with Gasteiger partial charge < -0.3 is 10.6 Å². The number of pyridine rings is 1. The number of carbonyl (C=O) groups excluding carboxylic acids is 2. The molecule has 8 nitrogen and oxygen atoms in total. The second kappa shape index (κ2) is 7.44. The van der Waals surface area contributed by atoms with E-state index in [0.717, 1.165) is 11.9 Å². The Morgan fingerprint density at radius 2 is 1.94 bits per heavy atom. The standard InChI is InChI=1S/C20H18ClF3N6O2/c1-19(2)6-10(11-8-26-14-5-13(21)29-30(14)16(11)19)17(31)28-9-4-12(20(22,23)24)15(27-7-9)18(32)25-3/h4-5,7-8,10H,6H2,1-3H3,(H,25,32)(H,28,31). The van der Waals surface area contributed by atoms with Crippen LogP contribution >= 0.6 is 11.6 Å². The first-order valence-corrected chi connectivity index (χ1v) is 9.95. The molecule has 1 unspecified atom stereocenters. The maximum atomic E-state index is 13.5. The summed E-state index contributed by atoms with van der Waals surface area (Å²) in [4.78, 5) is 32.7. The number of nitrogens with zero attached hydrogens (tertiary/aromatic N) is 4. The van der Waals surface area contributed by atoms with E-state index in [1.807, 2.05) is 13.8 Å². The Morgan fingerprint density at radius 1 is 1.22 bits per heavy atom. The zero-order valence-electron chi connectivity index (χ0n) is 17.2. The molecule has 0 fully saturated rings. The molecule has 12 heteroatoms. The lowest BCUT2D eigenvalue weighted by Crippen LogP contribution is -2.25. The number of carbonyl (C=O) groups is 2. The summed E-state index contributed by atoms with van der Waals surface area (Å²) in [6.45, 7) is 3.88. The van der Waals surface area contributed by atoms with Gasteiger partial charge in [0.1, 0.15) is 5.69 Å². The highest BCUT2D eigenvalue weighted by Gasteiger charge is 2.43. The summed E-state index contributed by atoms with van der Waals surface area (Å²) in [7, 11) is 1.21. The summed E-state index contributed by atoms with van der Waals surface area (Å²) < 4.78 is 41.9. The lowest BCUT2D eigenvalue weighted by Gasteiger charge is -2.19. The third-order valence-electron chi connectivity index (χ3n) is 5.43. The number of rotatable bonds is 3. The predicted octanol–water partition coefficient (Wildman–Crippen LogP) is 3.56. The normalized spacial score (nSPS) is 17.3. The summed E-state index contributed by atoms with van der Waals surface area (Å²) >= 11 is 6.00. The average Bonchev–Trinajstić information content (AvgIpc) is 3.22. The molecule has 32 heavy (non-hydrogen) atoms. The topological polar surface area (TPSA) is 101 Å². The van der Waals surface area contributed by atoms with E-state index < -0.39 is 40.6 Å². The number of hydrogen-bond acceptors (Lipinski definition) is 5. The van der Waals surface area contributed by atoms with E-state index in [-0.39, 0.29) is 10.8 Å². The molecule has 4 rings (SSSR count). The fraction of sp³-hybridized carbons (Fsp3) is 0.350. The summed E-state index contributed by atoms with van der Waals surface area (Å²) in [6, 6.07) is 2.30. The fourth-order valence-corrected chi connectivity index (χ4v) is 4.25. The number of halogens is 4. The van der Waals surface area contributed by atoms with Gasteiger partial charge in [0.15, 0.2) is 10.8 Å². The van der Waals surface area contributed by atoms with Gasteiger partial charge in [-0.05, 0) is 12.5 Å². The molecule has 0 bridgehead atoms. The smallest absolute Gasteiger partial charge is 0.354 e. The Hall–Kier alpha value is -3.21. The molecule has 3 aromatic heterocycles. The minimum atomic E-state index is -4.83. The number of alkyl halides is 3. The molecule has 0 radical (unpaired) electrons.